The van der Waals surface area contributed by atoms with E-state index in [0.29, 0.717) is 0 Å². The highest BCUT2D eigenvalue weighted by molar-refractivity contribution is 5.04. The maximum absolute atomic E-state index is 10.3. The number of rotatable bonds is 3. The molecular formula is C12H19N3O. The van der Waals surface area contributed by atoms with Crippen molar-refractivity contribution < 1.29 is 5.11 Å². The molecule has 4 nitrogen and oxygen atoms in total. The molecule has 1 atom stereocenters. The fourth-order valence-corrected chi connectivity index (χ4v) is 4.89. The summed E-state index contributed by atoms with van der Waals surface area (Å²) in [5, 5.41) is 13.8. The van der Waals surface area contributed by atoms with E-state index < -0.39 is 6.10 Å². The Morgan fingerprint density at radius 1 is 1.19 bits per heavy atom. The standard InChI is InChI=1S/C12H19N3O/c13-15-14-7-11(16)12-4-8-1-9(5-12)3-10(2-8)6-12/h8-11,16H,1-7H2/t8?,9?,10?,11-,12?/m1/s1. The Morgan fingerprint density at radius 3 is 2.12 bits per heavy atom. The predicted molar refractivity (Wildman–Crippen MR) is 60.6 cm³/mol. The molecule has 88 valence electrons. The Balaban J connectivity index is 1.79. The summed E-state index contributed by atoms with van der Waals surface area (Å²) < 4.78 is 0. The highest BCUT2D eigenvalue weighted by Crippen LogP contribution is 2.61. The molecule has 0 saturated heterocycles. The minimum Gasteiger partial charge on any atom is -0.392 e. The average molecular weight is 221 g/mol. The molecule has 0 aromatic heterocycles. The summed E-state index contributed by atoms with van der Waals surface area (Å²) in [6.45, 7) is 0.267. The van der Waals surface area contributed by atoms with Crippen LogP contribution in [0.4, 0.5) is 0 Å². The van der Waals surface area contributed by atoms with Crippen molar-refractivity contribution in [2.24, 2.45) is 28.3 Å². The molecule has 0 aliphatic heterocycles. The van der Waals surface area contributed by atoms with E-state index in [1.54, 1.807) is 0 Å². The van der Waals surface area contributed by atoms with Gasteiger partial charge in [-0.15, -0.1) is 0 Å². The molecular weight excluding hydrogens is 202 g/mol. The number of nitrogens with zero attached hydrogens (tertiary/aromatic N) is 3. The fourth-order valence-electron chi connectivity index (χ4n) is 4.89. The van der Waals surface area contributed by atoms with Crippen molar-refractivity contribution >= 4 is 0 Å². The molecule has 0 radical (unpaired) electrons. The van der Waals surface area contributed by atoms with E-state index in [0.717, 1.165) is 17.8 Å². The fraction of sp³-hybridized carbons (Fsp3) is 1.00. The second-order valence-electron chi connectivity index (χ2n) is 6.21. The highest BCUT2D eigenvalue weighted by atomic mass is 16.3. The van der Waals surface area contributed by atoms with E-state index in [4.69, 9.17) is 5.53 Å². The summed E-state index contributed by atoms with van der Waals surface area (Å²) in [5.74, 6) is 2.52. The molecule has 0 aromatic rings. The Hall–Kier alpha value is -0.730. The Morgan fingerprint density at radius 2 is 1.69 bits per heavy atom. The molecule has 0 heterocycles. The van der Waals surface area contributed by atoms with E-state index in [-0.39, 0.29) is 12.0 Å². The average Bonchev–Trinajstić information content (AvgIpc) is 2.24. The van der Waals surface area contributed by atoms with Gasteiger partial charge < -0.3 is 5.11 Å². The lowest BCUT2D eigenvalue weighted by molar-refractivity contribution is -0.116. The minimum absolute atomic E-state index is 0.100. The van der Waals surface area contributed by atoms with Crippen LogP contribution in [-0.4, -0.2) is 17.8 Å². The van der Waals surface area contributed by atoms with Crippen molar-refractivity contribution in [2.45, 2.75) is 44.6 Å². The van der Waals surface area contributed by atoms with Crippen LogP contribution in [0.25, 0.3) is 10.4 Å². The zero-order chi connectivity index (χ0) is 11.2. The van der Waals surface area contributed by atoms with Crippen molar-refractivity contribution in [3.8, 4) is 0 Å². The third-order valence-electron chi connectivity index (χ3n) is 5.11. The third-order valence-corrected chi connectivity index (χ3v) is 5.11. The molecule has 1 N–H and O–H groups in total. The van der Waals surface area contributed by atoms with Gasteiger partial charge in [-0.1, -0.05) is 5.11 Å². The highest BCUT2D eigenvalue weighted by Gasteiger charge is 2.53. The second-order valence-corrected chi connectivity index (χ2v) is 6.21. The summed E-state index contributed by atoms with van der Waals surface area (Å²) >= 11 is 0. The van der Waals surface area contributed by atoms with Gasteiger partial charge in [0, 0.05) is 4.91 Å². The van der Waals surface area contributed by atoms with Crippen molar-refractivity contribution in [1.29, 1.82) is 0 Å². The van der Waals surface area contributed by atoms with Crippen molar-refractivity contribution in [2.75, 3.05) is 6.54 Å². The monoisotopic (exact) mass is 221 g/mol. The van der Waals surface area contributed by atoms with Crippen LogP contribution in [0.2, 0.25) is 0 Å². The van der Waals surface area contributed by atoms with E-state index in [1.807, 2.05) is 0 Å². The largest absolute Gasteiger partial charge is 0.392 e. The van der Waals surface area contributed by atoms with Gasteiger partial charge in [0.1, 0.15) is 0 Å². The minimum atomic E-state index is -0.406. The number of hydrogen-bond donors (Lipinski definition) is 1. The van der Waals surface area contributed by atoms with Gasteiger partial charge in [0.2, 0.25) is 0 Å². The van der Waals surface area contributed by atoms with Gasteiger partial charge in [0.15, 0.2) is 0 Å². The van der Waals surface area contributed by atoms with Crippen LogP contribution in [0.3, 0.4) is 0 Å². The lowest BCUT2D eigenvalue weighted by atomic mass is 9.48. The molecule has 0 unspecified atom stereocenters. The van der Waals surface area contributed by atoms with Gasteiger partial charge in [0.05, 0.1) is 12.6 Å². The first-order chi connectivity index (χ1) is 7.72. The van der Waals surface area contributed by atoms with Gasteiger partial charge in [-0.05, 0) is 67.2 Å². The van der Waals surface area contributed by atoms with Crippen LogP contribution in [0, 0.1) is 23.2 Å². The smallest absolute Gasteiger partial charge is 0.0653 e. The molecule has 0 aromatic carbocycles. The van der Waals surface area contributed by atoms with Gasteiger partial charge in [-0.25, -0.2) is 0 Å². The Kier molecular flexibility index (Phi) is 2.37. The van der Waals surface area contributed by atoms with Crippen molar-refractivity contribution in [3.05, 3.63) is 10.4 Å². The summed E-state index contributed by atoms with van der Waals surface area (Å²) in [7, 11) is 0. The lowest BCUT2D eigenvalue weighted by Crippen LogP contribution is -2.52. The van der Waals surface area contributed by atoms with Crippen LogP contribution in [0.15, 0.2) is 5.11 Å². The zero-order valence-corrected chi connectivity index (χ0v) is 9.55. The third kappa shape index (κ3) is 1.52. The summed E-state index contributed by atoms with van der Waals surface area (Å²) in [4.78, 5) is 2.77. The quantitative estimate of drug-likeness (QED) is 0.444. The molecule has 4 rings (SSSR count). The summed E-state index contributed by atoms with van der Waals surface area (Å²) in [6, 6.07) is 0. The first-order valence-corrected chi connectivity index (χ1v) is 6.41. The van der Waals surface area contributed by atoms with Gasteiger partial charge >= 0.3 is 0 Å². The molecule has 16 heavy (non-hydrogen) atoms. The number of azide groups is 1. The molecule has 4 bridgehead atoms. The normalized spacial score (nSPS) is 46.4. The van der Waals surface area contributed by atoms with Gasteiger partial charge in [-0.2, -0.15) is 0 Å². The number of aliphatic hydroxyl groups excluding tert-OH is 1. The van der Waals surface area contributed by atoms with E-state index in [2.05, 4.69) is 10.0 Å². The molecule has 4 aliphatic rings. The van der Waals surface area contributed by atoms with Crippen LogP contribution >= 0.6 is 0 Å². The first-order valence-electron chi connectivity index (χ1n) is 6.41. The van der Waals surface area contributed by atoms with E-state index in [9.17, 15) is 5.11 Å². The van der Waals surface area contributed by atoms with Crippen LogP contribution < -0.4 is 0 Å². The Labute approximate surface area is 95.7 Å². The van der Waals surface area contributed by atoms with E-state index in [1.165, 1.54) is 38.5 Å². The zero-order valence-electron chi connectivity index (χ0n) is 9.55. The van der Waals surface area contributed by atoms with Crippen LogP contribution in [0.1, 0.15) is 38.5 Å². The molecule has 4 fully saturated rings. The maximum atomic E-state index is 10.3. The van der Waals surface area contributed by atoms with Gasteiger partial charge in [-0.3, -0.25) is 0 Å². The van der Waals surface area contributed by atoms with Crippen molar-refractivity contribution in [3.63, 3.8) is 0 Å². The second kappa shape index (κ2) is 3.64. The van der Waals surface area contributed by atoms with Gasteiger partial charge in [0.25, 0.3) is 0 Å². The Bertz CT molecular complexity index is 300. The molecule has 4 heteroatoms. The van der Waals surface area contributed by atoms with Crippen LogP contribution in [-0.2, 0) is 0 Å². The van der Waals surface area contributed by atoms with Crippen LogP contribution in [0.5, 0.6) is 0 Å². The summed E-state index contributed by atoms with van der Waals surface area (Å²) in [6.07, 6.45) is 7.24. The molecule has 0 spiro atoms. The molecule has 4 saturated carbocycles. The molecule has 4 aliphatic carbocycles. The molecule has 0 amide bonds. The maximum Gasteiger partial charge on any atom is 0.0653 e. The first kappa shape index (κ1) is 10.4. The summed E-state index contributed by atoms with van der Waals surface area (Å²) in [5.41, 5.74) is 8.44. The lowest BCUT2D eigenvalue weighted by Gasteiger charge is -2.58. The number of aliphatic hydroxyl groups is 1. The predicted octanol–water partition coefficient (Wildman–Crippen LogP) is 2.87. The number of hydrogen-bond acceptors (Lipinski definition) is 2. The SMILES string of the molecule is [N-]=[N+]=NC[C@@H](O)C12CC3CC(CC(C3)C1)C2. The van der Waals surface area contributed by atoms with E-state index >= 15 is 0 Å². The topological polar surface area (TPSA) is 69.0 Å². The van der Waals surface area contributed by atoms with Crippen molar-refractivity contribution in [1.82, 2.24) is 0 Å².